The topological polar surface area (TPSA) is 113 Å². The number of carbonyl (C=O) groups is 2. The minimum absolute atomic E-state index is 0.00201. The number of phenols is 1. The van der Waals surface area contributed by atoms with Gasteiger partial charge in [-0.3, -0.25) is 14.5 Å². The third-order valence-electron chi connectivity index (χ3n) is 6.73. The molecule has 8 nitrogen and oxygen atoms in total. The van der Waals surface area contributed by atoms with Gasteiger partial charge in [0.25, 0.3) is 5.78 Å². The van der Waals surface area contributed by atoms with Gasteiger partial charge in [0, 0.05) is 17.7 Å². The number of amides is 1. The predicted octanol–water partition coefficient (Wildman–Crippen LogP) is 5.62. The number of carbonyl (C=O) groups excluding carboxylic acids is 2. The second-order valence-electron chi connectivity index (χ2n) is 9.45. The third kappa shape index (κ3) is 4.71. The maximum atomic E-state index is 14.1. The Kier molecular flexibility index (Phi) is 6.77. The summed E-state index contributed by atoms with van der Waals surface area (Å²) in [6, 6.07) is 16.6. The van der Waals surface area contributed by atoms with E-state index in [0.29, 0.717) is 39.0 Å². The van der Waals surface area contributed by atoms with Gasteiger partial charge in [0.05, 0.1) is 11.6 Å². The molecule has 0 radical (unpaired) electrons. The van der Waals surface area contributed by atoms with Crippen molar-refractivity contribution in [3.05, 3.63) is 100 Å². The summed E-state index contributed by atoms with van der Waals surface area (Å²) in [7, 11) is 0. The number of fused-ring (bicyclic) bond motifs is 1. The summed E-state index contributed by atoms with van der Waals surface area (Å²) < 4.78 is 20.3. The number of ketones is 1. The van der Waals surface area contributed by atoms with Crippen molar-refractivity contribution in [2.75, 3.05) is 4.90 Å². The van der Waals surface area contributed by atoms with Crippen LogP contribution in [0.15, 0.2) is 76.6 Å². The van der Waals surface area contributed by atoms with Gasteiger partial charge in [-0.05, 0) is 60.0 Å². The molecule has 2 aliphatic rings. The van der Waals surface area contributed by atoms with Crippen LogP contribution in [0.5, 0.6) is 11.5 Å². The average molecular weight is 576 g/mol. The number of hydrogen-bond acceptors (Lipinski definition) is 9. The molecule has 11 heteroatoms. The van der Waals surface area contributed by atoms with Gasteiger partial charge in [-0.25, -0.2) is 4.39 Å². The zero-order valence-electron chi connectivity index (χ0n) is 21.1. The number of aliphatic hydroxyl groups excluding tert-OH is 1. The van der Waals surface area contributed by atoms with Gasteiger partial charge in [0.1, 0.15) is 29.2 Å². The molecule has 2 N–H and O–H groups in total. The van der Waals surface area contributed by atoms with Gasteiger partial charge in [-0.2, -0.15) is 0 Å². The number of halogens is 1. The van der Waals surface area contributed by atoms with E-state index in [-0.39, 0.29) is 34.1 Å². The highest BCUT2D eigenvalue weighted by molar-refractivity contribution is 8.00. The predicted molar refractivity (Wildman–Crippen MR) is 149 cm³/mol. The summed E-state index contributed by atoms with van der Waals surface area (Å²) in [6.07, 6.45) is 0.655. The van der Waals surface area contributed by atoms with Crippen molar-refractivity contribution < 1.29 is 28.9 Å². The highest BCUT2D eigenvalue weighted by Crippen LogP contribution is 2.45. The highest BCUT2D eigenvalue weighted by atomic mass is 32.2. The van der Waals surface area contributed by atoms with Gasteiger partial charge in [-0.1, -0.05) is 53.4 Å². The molecular weight excluding hydrogens is 553 g/mol. The molecule has 0 aliphatic carbocycles. The molecule has 0 spiro atoms. The zero-order valence-corrected chi connectivity index (χ0v) is 22.7. The van der Waals surface area contributed by atoms with Crippen molar-refractivity contribution in [2.24, 2.45) is 0 Å². The third-order valence-corrected chi connectivity index (χ3v) is 8.84. The summed E-state index contributed by atoms with van der Waals surface area (Å²) in [5.74, 6) is -1.34. The molecule has 40 heavy (non-hydrogen) atoms. The van der Waals surface area contributed by atoms with E-state index < -0.39 is 17.7 Å². The molecule has 2 unspecified atom stereocenters. The van der Waals surface area contributed by atoms with Crippen molar-refractivity contribution >= 4 is 45.7 Å². The van der Waals surface area contributed by atoms with Gasteiger partial charge >= 0.3 is 5.91 Å². The molecule has 4 aromatic rings. The number of ether oxygens (including phenoxy) is 1. The number of aliphatic hydroxyl groups is 1. The average Bonchev–Trinajstić information content (AvgIpc) is 3.63. The Morgan fingerprint density at radius 2 is 1.90 bits per heavy atom. The second-order valence-corrected chi connectivity index (χ2v) is 11.6. The number of hydrogen-bond donors (Lipinski definition) is 2. The van der Waals surface area contributed by atoms with E-state index in [1.165, 1.54) is 34.9 Å². The summed E-state index contributed by atoms with van der Waals surface area (Å²) in [5.41, 5.74) is 2.18. The highest BCUT2D eigenvalue weighted by Gasteiger charge is 2.48. The zero-order chi connectivity index (χ0) is 28.0. The van der Waals surface area contributed by atoms with Crippen molar-refractivity contribution in [3.63, 3.8) is 0 Å². The number of nitrogens with zero attached hydrogens (tertiary/aromatic N) is 3. The molecule has 2 atom stereocenters. The Hall–Kier alpha value is -4.22. The fraction of sp³-hybridized carbons (Fsp3) is 0.172. The first-order valence-electron chi connectivity index (χ1n) is 12.4. The first-order valence-corrected chi connectivity index (χ1v) is 14.2. The summed E-state index contributed by atoms with van der Waals surface area (Å²) in [6.45, 7) is 1.95. The summed E-state index contributed by atoms with van der Waals surface area (Å²) >= 11 is 2.35. The lowest BCUT2D eigenvalue weighted by Crippen LogP contribution is -2.29. The summed E-state index contributed by atoms with van der Waals surface area (Å²) in [5, 5.41) is 29.8. The molecule has 1 amide bonds. The number of phenolic OH excluding ortho intramolecular Hbond substituents is 1. The van der Waals surface area contributed by atoms with E-state index in [1.807, 2.05) is 6.92 Å². The van der Waals surface area contributed by atoms with E-state index in [0.717, 1.165) is 16.9 Å². The molecule has 0 bridgehead atoms. The Balaban J connectivity index is 1.39. The number of thioether (sulfide) groups is 1. The quantitative estimate of drug-likeness (QED) is 0.100. The maximum Gasteiger partial charge on any atom is 0.301 e. The van der Waals surface area contributed by atoms with Crippen LogP contribution in [0.2, 0.25) is 0 Å². The molecule has 1 fully saturated rings. The SMILES string of the molecule is CC1Cc2cc(/C(O)=C3\C(=O)C(=O)N(c4nnc(SCc5ccccc5F)s4)C3c3ccc(O)cc3)ccc2O1. The Morgan fingerprint density at radius 3 is 2.67 bits per heavy atom. The fourth-order valence-electron chi connectivity index (χ4n) is 4.84. The van der Waals surface area contributed by atoms with Crippen LogP contribution in [0, 0.1) is 5.82 Å². The van der Waals surface area contributed by atoms with Crippen molar-refractivity contribution in [2.45, 2.75) is 35.6 Å². The van der Waals surface area contributed by atoms with Gasteiger partial charge in [-0.15, -0.1) is 10.2 Å². The largest absolute Gasteiger partial charge is 0.508 e. The van der Waals surface area contributed by atoms with E-state index in [9.17, 15) is 24.2 Å². The molecule has 2 aliphatic heterocycles. The number of aromatic hydroxyl groups is 1. The molecule has 3 aromatic carbocycles. The van der Waals surface area contributed by atoms with Crippen molar-refractivity contribution in [1.82, 2.24) is 10.2 Å². The number of benzene rings is 3. The Morgan fingerprint density at radius 1 is 1.12 bits per heavy atom. The minimum atomic E-state index is -1.01. The lowest BCUT2D eigenvalue weighted by molar-refractivity contribution is -0.132. The molecular formula is C29H22FN3O5S2. The number of Topliss-reactive ketones (excluding diaryl/α,β-unsaturated/α-hetero) is 1. The molecule has 1 aromatic heterocycles. The van der Waals surface area contributed by atoms with E-state index in [2.05, 4.69) is 10.2 Å². The summed E-state index contributed by atoms with van der Waals surface area (Å²) in [4.78, 5) is 28.0. The first kappa shape index (κ1) is 26.0. The lowest BCUT2D eigenvalue weighted by Gasteiger charge is -2.22. The first-order chi connectivity index (χ1) is 19.3. The van der Waals surface area contributed by atoms with E-state index in [1.54, 1.807) is 48.5 Å². The standard InChI is InChI=1S/C29H22FN3O5S2/c1-15-12-19-13-17(8-11-22(19)38-15)25(35)23-24(16-6-9-20(34)10-7-16)33(27(37)26(23)36)28-31-32-29(40-28)39-14-18-4-2-3-5-21(18)30/h2-11,13,15,24,34-35H,12,14H2,1H3/b25-23+. The van der Waals surface area contributed by atoms with Gasteiger partial charge in [0.15, 0.2) is 4.34 Å². The molecule has 6 rings (SSSR count). The van der Waals surface area contributed by atoms with Crippen LogP contribution in [0.3, 0.4) is 0 Å². The fourth-order valence-corrected chi connectivity index (χ4v) is 6.69. The van der Waals surface area contributed by atoms with Crippen LogP contribution in [0.25, 0.3) is 5.76 Å². The number of rotatable bonds is 6. The monoisotopic (exact) mass is 575 g/mol. The maximum absolute atomic E-state index is 14.1. The Bertz CT molecular complexity index is 1670. The van der Waals surface area contributed by atoms with Crippen LogP contribution in [0.1, 0.15) is 35.2 Å². The van der Waals surface area contributed by atoms with Crippen LogP contribution in [0.4, 0.5) is 9.52 Å². The number of anilines is 1. The van der Waals surface area contributed by atoms with Gasteiger partial charge < -0.3 is 14.9 Å². The van der Waals surface area contributed by atoms with Crippen LogP contribution >= 0.6 is 23.1 Å². The lowest BCUT2D eigenvalue weighted by atomic mass is 9.94. The second kappa shape index (κ2) is 10.4. The minimum Gasteiger partial charge on any atom is -0.508 e. The van der Waals surface area contributed by atoms with Gasteiger partial charge in [0.2, 0.25) is 5.13 Å². The van der Waals surface area contributed by atoms with Crippen molar-refractivity contribution in [3.8, 4) is 11.5 Å². The smallest absolute Gasteiger partial charge is 0.301 e. The Labute approximate surface area is 236 Å². The number of aromatic nitrogens is 2. The van der Waals surface area contributed by atoms with E-state index >= 15 is 0 Å². The van der Waals surface area contributed by atoms with Crippen molar-refractivity contribution in [1.29, 1.82) is 0 Å². The van der Waals surface area contributed by atoms with E-state index in [4.69, 9.17) is 4.74 Å². The van der Waals surface area contributed by atoms with Crippen LogP contribution in [-0.4, -0.2) is 38.2 Å². The molecule has 3 heterocycles. The molecule has 1 saturated heterocycles. The molecule has 202 valence electrons. The van der Waals surface area contributed by atoms with Crippen LogP contribution < -0.4 is 9.64 Å². The normalized spacial score (nSPS) is 19.6. The van der Waals surface area contributed by atoms with Crippen LogP contribution in [-0.2, 0) is 21.8 Å². The molecule has 0 saturated carbocycles.